The quantitative estimate of drug-likeness (QED) is 0.809. The van der Waals surface area contributed by atoms with E-state index in [2.05, 4.69) is 26.5 Å². The van der Waals surface area contributed by atoms with E-state index >= 15 is 0 Å². The Bertz CT molecular complexity index is 747. The van der Waals surface area contributed by atoms with Crippen molar-refractivity contribution in [2.45, 2.75) is 45.6 Å². The van der Waals surface area contributed by atoms with E-state index in [1.165, 1.54) is 12.8 Å². The highest BCUT2D eigenvalue weighted by molar-refractivity contribution is 6.30. The Balaban J connectivity index is 1.72. The van der Waals surface area contributed by atoms with Crippen LogP contribution < -0.4 is 5.32 Å². The van der Waals surface area contributed by atoms with E-state index in [4.69, 9.17) is 11.6 Å². The predicted molar refractivity (Wildman–Crippen MR) is 104 cm³/mol. The smallest absolute Gasteiger partial charge is 0.227 e. The van der Waals surface area contributed by atoms with Crippen molar-refractivity contribution in [1.29, 1.82) is 0 Å². The fourth-order valence-corrected chi connectivity index (χ4v) is 4.10. The summed E-state index contributed by atoms with van der Waals surface area (Å²) in [5.74, 6) is -0.198. The number of benzene rings is 1. The number of carbonyl (C=O) groups is 1. The second-order valence-corrected chi connectivity index (χ2v) is 7.56. The van der Waals surface area contributed by atoms with E-state index in [1.54, 1.807) is 0 Å². The Morgan fingerprint density at radius 3 is 2.69 bits per heavy atom. The Kier molecular flexibility index (Phi) is 5.99. The monoisotopic (exact) mass is 374 g/mol. The Hall–Kier alpha value is -1.85. The summed E-state index contributed by atoms with van der Waals surface area (Å²) in [6.07, 6.45) is 2.41. The first-order valence-electron chi connectivity index (χ1n) is 9.26. The summed E-state index contributed by atoms with van der Waals surface area (Å²) >= 11 is 6.19. The number of aromatic nitrogens is 2. The first-order chi connectivity index (χ1) is 12.5. The first kappa shape index (κ1) is 18.9. The van der Waals surface area contributed by atoms with Crippen LogP contribution >= 0.6 is 11.6 Å². The lowest BCUT2D eigenvalue weighted by Crippen LogP contribution is -2.38. The number of aryl methyl sites for hydroxylation is 2. The topological polar surface area (TPSA) is 61.0 Å². The molecule has 0 saturated carbocycles. The molecule has 26 heavy (non-hydrogen) atoms. The molecule has 2 aromatic rings. The van der Waals surface area contributed by atoms with E-state index < -0.39 is 0 Å². The van der Waals surface area contributed by atoms with Crippen LogP contribution in [0.3, 0.4) is 0 Å². The van der Waals surface area contributed by atoms with Gasteiger partial charge >= 0.3 is 0 Å². The number of hydrogen-bond acceptors (Lipinski definition) is 3. The summed E-state index contributed by atoms with van der Waals surface area (Å²) in [4.78, 5) is 15.2. The molecular weight excluding hydrogens is 348 g/mol. The third-order valence-corrected chi connectivity index (χ3v) is 5.53. The molecule has 3 rings (SSSR count). The lowest BCUT2D eigenvalue weighted by molar-refractivity contribution is -0.122. The molecule has 2 heterocycles. The molecule has 6 heteroatoms. The number of nitrogens with one attached hydrogen (secondary N) is 2. The van der Waals surface area contributed by atoms with Crippen LogP contribution in [0.2, 0.25) is 5.02 Å². The van der Waals surface area contributed by atoms with Crippen LogP contribution in [0.4, 0.5) is 0 Å². The number of halogens is 1. The molecule has 5 nitrogen and oxygen atoms in total. The molecule has 140 valence electrons. The lowest BCUT2D eigenvalue weighted by Gasteiger charge is -2.29. The molecule has 2 atom stereocenters. The van der Waals surface area contributed by atoms with Gasteiger partial charge in [0, 0.05) is 22.8 Å². The number of nitrogens with zero attached hydrogens (tertiary/aromatic N) is 2. The van der Waals surface area contributed by atoms with Gasteiger partial charge in [-0.1, -0.05) is 23.7 Å². The summed E-state index contributed by atoms with van der Waals surface area (Å²) < 4.78 is 0. The molecule has 2 unspecified atom stereocenters. The molecule has 0 spiro atoms. The van der Waals surface area contributed by atoms with Gasteiger partial charge in [-0.25, -0.2) is 0 Å². The van der Waals surface area contributed by atoms with Crippen LogP contribution in [-0.4, -0.2) is 40.6 Å². The average Bonchev–Trinajstić information content (AvgIpc) is 3.25. The number of rotatable bonds is 6. The summed E-state index contributed by atoms with van der Waals surface area (Å²) in [5.41, 5.74) is 3.98. The second kappa shape index (κ2) is 8.23. The van der Waals surface area contributed by atoms with Crippen molar-refractivity contribution in [3.63, 3.8) is 0 Å². The van der Waals surface area contributed by atoms with Crippen molar-refractivity contribution < 1.29 is 4.79 Å². The molecule has 1 fully saturated rings. The fraction of sp³-hybridized carbons (Fsp3) is 0.500. The maximum absolute atomic E-state index is 12.8. The van der Waals surface area contributed by atoms with Crippen LogP contribution in [0.5, 0.6) is 0 Å². The van der Waals surface area contributed by atoms with Crippen molar-refractivity contribution in [2.24, 2.45) is 0 Å². The standard InChI is InChI=1S/C20H27ClN4O/c1-13(19-14(2)23-24-15(19)3)20(26)22-12-18(25-9-4-5-10-25)16-7-6-8-17(21)11-16/h6-8,11,13,18H,4-5,9-10,12H2,1-3H3,(H,22,26)(H,23,24). The van der Waals surface area contributed by atoms with Gasteiger partial charge < -0.3 is 5.32 Å². The zero-order valence-corrected chi connectivity index (χ0v) is 16.4. The molecule has 0 bridgehead atoms. The van der Waals surface area contributed by atoms with Crippen molar-refractivity contribution in [1.82, 2.24) is 20.4 Å². The Labute approximate surface area is 160 Å². The molecule has 0 radical (unpaired) electrons. The molecule has 1 amide bonds. The number of H-pyrrole nitrogens is 1. The van der Waals surface area contributed by atoms with Crippen molar-refractivity contribution in [3.8, 4) is 0 Å². The average molecular weight is 375 g/mol. The molecular formula is C20H27ClN4O. The van der Waals surface area contributed by atoms with E-state index in [9.17, 15) is 4.79 Å². The number of hydrogen-bond donors (Lipinski definition) is 2. The minimum atomic E-state index is -0.229. The summed E-state index contributed by atoms with van der Waals surface area (Å²) in [7, 11) is 0. The molecule has 1 aromatic heterocycles. The molecule has 0 aliphatic carbocycles. The number of carbonyl (C=O) groups excluding carboxylic acids is 1. The Morgan fingerprint density at radius 1 is 1.35 bits per heavy atom. The second-order valence-electron chi connectivity index (χ2n) is 7.13. The van der Waals surface area contributed by atoms with Gasteiger partial charge in [-0.3, -0.25) is 14.8 Å². The summed E-state index contributed by atoms with van der Waals surface area (Å²) in [5, 5.41) is 11.1. The van der Waals surface area contributed by atoms with Crippen LogP contribution in [-0.2, 0) is 4.79 Å². The zero-order chi connectivity index (χ0) is 18.7. The number of aromatic amines is 1. The highest BCUT2D eigenvalue weighted by Gasteiger charge is 2.26. The SMILES string of the molecule is Cc1n[nH]c(C)c1C(C)C(=O)NCC(c1cccc(Cl)c1)N1CCCC1. The normalized spacial score (nSPS) is 17.2. The number of likely N-dealkylation sites (tertiary alicyclic amines) is 1. The largest absolute Gasteiger partial charge is 0.354 e. The highest BCUT2D eigenvalue weighted by Crippen LogP contribution is 2.27. The molecule has 1 aliphatic heterocycles. The zero-order valence-electron chi connectivity index (χ0n) is 15.7. The minimum Gasteiger partial charge on any atom is -0.354 e. The third-order valence-electron chi connectivity index (χ3n) is 5.30. The lowest BCUT2D eigenvalue weighted by atomic mass is 9.98. The maximum Gasteiger partial charge on any atom is 0.227 e. The van der Waals surface area contributed by atoms with Gasteiger partial charge in [-0.15, -0.1) is 0 Å². The predicted octanol–water partition coefficient (Wildman–Crippen LogP) is 3.74. The van der Waals surface area contributed by atoms with E-state index in [1.807, 2.05) is 39.0 Å². The Morgan fingerprint density at radius 2 is 2.08 bits per heavy atom. The molecule has 1 aliphatic rings. The van der Waals surface area contributed by atoms with Crippen molar-refractivity contribution in [2.75, 3.05) is 19.6 Å². The summed E-state index contributed by atoms with van der Waals surface area (Å²) in [6, 6.07) is 8.11. The van der Waals surface area contributed by atoms with Crippen LogP contribution in [0, 0.1) is 13.8 Å². The minimum absolute atomic E-state index is 0.0313. The van der Waals surface area contributed by atoms with Gasteiger partial charge in [0.25, 0.3) is 0 Å². The van der Waals surface area contributed by atoms with Gasteiger partial charge in [0.2, 0.25) is 5.91 Å². The molecule has 1 aromatic carbocycles. The van der Waals surface area contributed by atoms with E-state index in [-0.39, 0.29) is 17.9 Å². The van der Waals surface area contributed by atoms with Crippen LogP contribution in [0.25, 0.3) is 0 Å². The number of amides is 1. The van der Waals surface area contributed by atoms with E-state index in [0.29, 0.717) is 6.54 Å². The van der Waals surface area contributed by atoms with Crippen LogP contribution in [0.15, 0.2) is 24.3 Å². The fourth-order valence-electron chi connectivity index (χ4n) is 3.90. The van der Waals surface area contributed by atoms with Gasteiger partial charge in [0.15, 0.2) is 0 Å². The van der Waals surface area contributed by atoms with Crippen molar-refractivity contribution in [3.05, 3.63) is 51.8 Å². The highest BCUT2D eigenvalue weighted by atomic mass is 35.5. The molecule has 2 N–H and O–H groups in total. The third kappa shape index (κ3) is 4.10. The first-order valence-corrected chi connectivity index (χ1v) is 9.64. The molecule has 1 saturated heterocycles. The van der Waals surface area contributed by atoms with Crippen LogP contribution in [0.1, 0.15) is 54.2 Å². The van der Waals surface area contributed by atoms with Crippen molar-refractivity contribution >= 4 is 17.5 Å². The summed E-state index contributed by atoms with van der Waals surface area (Å²) in [6.45, 7) is 8.52. The van der Waals surface area contributed by atoms with Gasteiger partial charge in [0.1, 0.15) is 0 Å². The van der Waals surface area contributed by atoms with Gasteiger partial charge in [-0.05, 0) is 64.4 Å². The van der Waals surface area contributed by atoms with Gasteiger partial charge in [0.05, 0.1) is 17.7 Å². The van der Waals surface area contributed by atoms with E-state index in [0.717, 1.165) is 40.6 Å². The van der Waals surface area contributed by atoms with Gasteiger partial charge in [-0.2, -0.15) is 5.10 Å². The maximum atomic E-state index is 12.8.